The molecule has 0 saturated heterocycles. The number of benzene rings is 2. The van der Waals surface area contributed by atoms with Gasteiger partial charge in [-0.2, -0.15) is 0 Å². The molecule has 2 aromatic rings. The van der Waals surface area contributed by atoms with Crippen molar-refractivity contribution < 1.29 is 19.4 Å². The van der Waals surface area contributed by atoms with Crippen LogP contribution in [0.15, 0.2) is 87.5 Å². The lowest BCUT2D eigenvalue weighted by molar-refractivity contribution is -0.188. The molecule has 5 heteroatoms. The Hall–Kier alpha value is -2.50. The molecule has 0 aromatic heterocycles. The maximum absolute atomic E-state index is 12.6. The van der Waals surface area contributed by atoms with Crippen molar-refractivity contribution in [3.63, 3.8) is 0 Å². The Morgan fingerprint density at radius 2 is 1.76 bits per heavy atom. The van der Waals surface area contributed by atoms with Crippen LogP contribution in [-0.2, 0) is 20.4 Å². The first-order valence-corrected chi connectivity index (χ1v) is 13.6. The molecule has 4 saturated carbocycles. The lowest BCUT2D eigenvalue weighted by Crippen LogP contribution is -2.60. The monoisotopic (exact) mass is 473 g/mol. The van der Waals surface area contributed by atoms with E-state index in [4.69, 9.17) is 9.47 Å². The summed E-state index contributed by atoms with van der Waals surface area (Å²) in [4.78, 5) is 16.5. The second-order valence-corrected chi connectivity index (χ2v) is 12.5. The third-order valence-corrected chi connectivity index (χ3v) is 11.1. The van der Waals surface area contributed by atoms with Crippen molar-refractivity contribution in [2.24, 2.45) is 23.2 Å². The molecule has 1 N–H and O–H groups in total. The fourth-order valence-electron chi connectivity index (χ4n) is 7.37. The minimum Gasteiger partial charge on any atom is -0.482 e. The van der Waals surface area contributed by atoms with E-state index in [0.29, 0.717) is 23.5 Å². The molecule has 1 spiro atoms. The highest BCUT2D eigenvalue weighted by molar-refractivity contribution is 8.00. The number of aliphatic hydroxyl groups is 1. The summed E-state index contributed by atoms with van der Waals surface area (Å²) >= 11 is 0. The van der Waals surface area contributed by atoms with Gasteiger partial charge >= 0.3 is 5.97 Å². The second-order valence-electron chi connectivity index (χ2n) is 10.5. The average molecular weight is 474 g/mol. The van der Waals surface area contributed by atoms with Gasteiger partial charge in [0.1, 0.15) is 11.4 Å². The van der Waals surface area contributed by atoms with E-state index < -0.39 is 0 Å². The van der Waals surface area contributed by atoms with Crippen LogP contribution in [0.3, 0.4) is 0 Å². The Labute approximate surface area is 203 Å². The van der Waals surface area contributed by atoms with Crippen molar-refractivity contribution >= 4 is 16.9 Å². The molecule has 0 bridgehead atoms. The van der Waals surface area contributed by atoms with Crippen LogP contribution >= 0.6 is 0 Å². The lowest BCUT2D eigenvalue weighted by Gasteiger charge is -2.59. The van der Waals surface area contributed by atoms with Gasteiger partial charge in [-0.3, -0.25) is 0 Å². The minimum absolute atomic E-state index is 0.0726. The van der Waals surface area contributed by atoms with Gasteiger partial charge in [0.05, 0.1) is 17.0 Å². The van der Waals surface area contributed by atoms with Crippen molar-refractivity contribution in [1.29, 1.82) is 0 Å². The SMILES string of the molecule is O=C(COc1ccc([S+](C2=CCCC=C2)c2ccccc2)cc1)OC12CC3C4C(CC41C2)[C@@H]3O. The molecule has 174 valence electrons. The van der Waals surface area contributed by atoms with Gasteiger partial charge in [0.25, 0.3) is 0 Å². The molecule has 2 aromatic carbocycles. The first-order valence-electron chi connectivity index (χ1n) is 12.4. The van der Waals surface area contributed by atoms with Gasteiger partial charge in [0.2, 0.25) is 0 Å². The van der Waals surface area contributed by atoms with E-state index in [1.165, 1.54) is 14.7 Å². The molecule has 34 heavy (non-hydrogen) atoms. The molecule has 0 radical (unpaired) electrons. The fourth-order valence-corrected chi connectivity index (χ4v) is 9.54. The topological polar surface area (TPSA) is 55.8 Å². The van der Waals surface area contributed by atoms with Gasteiger partial charge in [0, 0.05) is 5.41 Å². The summed E-state index contributed by atoms with van der Waals surface area (Å²) in [5.74, 6) is 1.79. The molecule has 0 amide bonds. The van der Waals surface area contributed by atoms with Crippen LogP contribution in [0.4, 0.5) is 0 Å². The summed E-state index contributed by atoms with van der Waals surface area (Å²) < 4.78 is 11.8. The first kappa shape index (κ1) is 20.8. The van der Waals surface area contributed by atoms with Crippen LogP contribution in [0.5, 0.6) is 5.75 Å². The largest absolute Gasteiger partial charge is 0.482 e. The maximum atomic E-state index is 12.6. The minimum atomic E-state index is -0.314. The van der Waals surface area contributed by atoms with E-state index >= 15 is 0 Å². The van der Waals surface area contributed by atoms with E-state index in [2.05, 4.69) is 60.7 Å². The molecule has 7 atom stereocenters. The van der Waals surface area contributed by atoms with E-state index in [0.717, 1.165) is 32.1 Å². The summed E-state index contributed by atoms with van der Waals surface area (Å²) in [5, 5.41) is 10.2. The predicted octanol–water partition coefficient (Wildman–Crippen LogP) is 5.04. The fraction of sp³-hybridized carbons (Fsp3) is 0.414. The number of allylic oxidation sites excluding steroid dienone is 3. The van der Waals surface area contributed by atoms with Crippen molar-refractivity contribution in [2.75, 3.05) is 6.61 Å². The first-order chi connectivity index (χ1) is 16.6. The zero-order valence-electron chi connectivity index (χ0n) is 19.1. The quantitative estimate of drug-likeness (QED) is 0.452. The van der Waals surface area contributed by atoms with Crippen molar-refractivity contribution in [1.82, 2.24) is 0 Å². The van der Waals surface area contributed by atoms with E-state index in [-0.39, 0.29) is 40.6 Å². The highest BCUT2D eigenvalue weighted by Gasteiger charge is 2.90. The third kappa shape index (κ3) is 2.93. The number of hydrogen-bond acceptors (Lipinski definition) is 4. The number of hydrogen-bond donors (Lipinski definition) is 1. The van der Waals surface area contributed by atoms with Crippen LogP contribution in [0.25, 0.3) is 0 Å². The van der Waals surface area contributed by atoms with E-state index in [1.807, 2.05) is 12.1 Å². The molecule has 0 aliphatic heterocycles. The molecule has 4 fully saturated rings. The molecular weight excluding hydrogens is 444 g/mol. The lowest BCUT2D eigenvalue weighted by atomic mass is 9.47. The Morgan fingerprint density at radius 3 is 2.50 bits per heavy atom. The number of ether oxygens (including phenoxy) is 2. The standard InChI is InChI=1S/C29H29O4S/c30-25(33-29-16-24-26-23(27(24)31)15-28(26,29)18-29)17-32-19-11-13-22(14-12-19)34(20-7-3-1-4-8-20)21-9-5-2-6-10-21/h1,3-5,7-14,23-24,26-27,31H,2,6,15-18H2/q+1/t23?,24?,26?,27-,28?,29?,34?/m0/s1. The predicted molar refractivity (Wildman–Crippen MR) is 130 cm³/mol. The number of carbonyl (C=O) groups excluding carboxylic acids is 1. The molecular formula is C29H29O4S+. The van der Waals surface area contributed by atoms with Gasteiger partial charge in [-0.05, 0) is 98.4 Å². The Kier molecular flexibility index (Phi) is 4.59. The molecule has 7 rings (SSSR count). The van der Waals surface area contributed by atoms with Crippen molar-refractivity contribution in [2.45, 2.75) is 53.6 Å². The highest BCUT2D eigenvalue weighted by Crippen LogP contribution is 2.88. The van der Waals surface area contributed by atoms with Gasteiger partial charge in [-0.1, -0.05) is 24.3 Å². The third-order valence-electron chi connectivity index (χ3n) is 8.89. The molecule has 0 heterocycles. The number of carbonyl (C=O) groups is 1. The number of aliphatic hydroxyl groups excluding tert-OH is 1. The molecule has 6 unspecified atom stereocenters. The van der Waals surface area contributed by atoms with Crippen LogP contribution in [-0.4, -0.2) is 29.4 Å². The second kappa shape index (κ2) is 7.50. The summed E-state index contributed by atoms with van der Waals surface area (Å²) in [6.45, 7) is -0.0726. The summed E-state index contributed by atoms with van der Waals surface area (Å²) in [5.41, 5.74) is -0.125. The van der Waals surface area contributed by atoms with Crippen molar-refractivity contribution in [3.05, 3.63) is 77.7 Å². The zero-order chi connectivity index (χ0) is 22.9. The molecule has 5 aliphatic rings. The van der Waals surface area contributed by atoms with Crippen LogP contribution in [0.1, 0.15) is 32.1 Å². The van der Waals surface area contributed by atoms with Crippen LogP contribution in [0.2, 0.25) is 0 Å². The van der Waals surface area contributed by atoms with Crippen LogP contribution in [0, 0.1) is 23.2 Å². The molecule has 5 aliphatic carbocycles. The zero-order valence-corrected chi connectivity index (χ0v) is 19.9. The van der Waals surface area contributed by atoms with E-state index in [9.17, 15) is 9.90 Å². The maximum Gasteiger partial charge on any atom is 0.344 e. The normalized spacial score (nSPS) is 36.8. The van der Waals surface area contributed by atoms with E-state index in [1.54, 1.807) is 0 Å². The van der Waals surface area contributed by atoms with Crippen LogP contribution < -0.4 is 4.74 Å². The number of esters is 1. The van der Waals surface area contributed by atoms with Crippen molar-refractivity contribution in [3.8, 4) is 5.75 Å². The Bertz CT molecular complexity index is 1190. The highest BCUT2D eigenvalue weighted by atomic mass is 32.2. The van der Waals surface area contributed by atoms with Gasteiger partial charge in [-0.15, -0.1) is 0 Å². The summed E-state index contributed by atoms with van der Waals surface area (Å²) in [6, 6.07) is 18.8. The van der Waals surface area contributed by atoms with Gasteiger partial charge < -0.3 is 14.6 Å². The summed E-state index contributed by atoms with van der Waals surface area (Å²) in [6.07, 6.45) is 11.7. The average Bonchev–Trinajstić information content (AvgIpc) is 3.49. The van der Waals surface area contributed by atoms with Gasteiger partial charge in [0.15, 0.2) is 21.3 Å². The smallest absolute Gasteiger partial charge is 0.344 e. The number of rotatable bonds is 7. The summed E-state index contributed by atoms with van der Waals surface area (Å²) in [7, 11) is -0.160. The van der Waals surface area contributed by atoms with Gasteiger partial charge in [-0.25, -0.2) is 4.79 Å². The Morgan fingerprint density at radius 1 is 1.00 bits per heavy atom. The molecule has 4 nitrogen and oxygen atoms in total. The Balaban J connectivity index is 1.01.